The van der Waals surface area contributed by atoms with Crippen LogP contribution in [0.25, 0.3) is 0 Å². The van der Waals surface area contributed by atoms with E-state index in [1.54, 1.807) is 18.9 Å². The van der Waals surface area contributed by atoms with Crippen molar-refractivity contribution in [2.45, 2.75) is 20.4 Å². The minimum Gasteiger partial charge on any atom is -0.497 e. The second-order valence-corrected chi connectivity index (χ2v) is 6.71. The number of rotatable bonds is 4. The van der Waals surface area contributed by atoms with E-state index in [2.05, 4.69) is 47.6 Å². The molecule has 0 bridgehead atoms. The lowest BCUT2D eigenvalue weighted by molar-refractivity contribution is 0.414. The summed E-state index contributed by atoms with van der Waals surface area (Å²) >= 11 is 1.69. The van der Waals surface area contributed by atoms with Gasteiger partial charge in [0.05, 0.1) is 19.4 Å². The number of hydrogen-bond donors (Lipinski definition) is 1. The van der Waals surface area contributed by atoms with Crippen molar-refractivity contribution in [2.75, 3.05) is 12.9 Å². The molecular weight excluding hydrogens is 318 g/mol. The number of amidine groups is 1. The van der Waals surface area contributed by atoms with Crippen LogP contribution in [0, 0.1) is 13.8 Å². The molecule has 5 heteroatoms. The van der Waals surface area contributed by atoms with Gasteiger partial charge in [-0.05, 0) is 43.2 Å². The lowest BCUT2D eigenvalue weighted by Crippen LogP contribution is -2.26. The molecular formula is C19H21N3OS. The van der Waals surface area contributed by atoms with Crippen LogP contribution in [0.2, 0.25) is 0 Å². The molecule has 2 aromatic carbocycles. The Kier molecular flexibility index (Phi) is 5.20. The first-order valence-electron chi connectivity index (χ1n) is 7.86. The third kappa shape index (κ3) is 3.97. The SMILES string of the molecule is COc1ccc(CN=C2NN=C(c3cc(C)ccc3C)CS2)cc1. The fourth-order valence-electron chi connectivity index (χ4n) is 2.48. The molecule has 1 heterocycles. The molecule has 0 radical (unpaired) electrons. The van der Waals surface area contributed by atoms with Gasteiger partial charge in [0.25, 0.3) is 0 Å². The fraction of sp³-hybridized carbons (Fsp3) is 0.263. The van der Waals surface area contributed by atoms with Gasteiger partial charge >= 0.3 is 0 Å². The maximum absolute atomic E-state index is 5.17. The molecule has 0 spiro atoms. The fourth-order valence-corrected chi connectivity index (χ4v) is 3.24. The molecule has 1 N–H and O–H groups in total. The summed E-state index contributed by atoms with van der Waals surface area (Å²) in [6, 6.07) is 14.4. The van der Waals surface area contributed by atoms with Crippen LogP contribution in [0.5, 0.6) is 5.75 Å². The second kappa shape index (κ2) is 7.53. The number of aliphatic imine (C=N–C) groups is 1. The summed E-state index contributed by atoms with van der Waals surface area (Å²) in [4.78, 5) is 4.60. The zero-order chi connectivity index (χ0) is 16.9. The quantitative estimate of drug-likeness (QED) is 0.919. The molecule has 0 atom stereocenters. The molecule has 3 rings (SSSR count). The van der Waals surface area contributed by atoms with Gasteiger partial charge in [-0.2, -0.15) is 5.10 Å². The Morgan fingerprint density at radius 2 is 1.96 bits per heavy atom. The molecule has 0 saturated heterocycles. The highest BCUT2D eigenvalue weighted by Gasteiger charge is 2.14. The second-order valence-electron chi connectivity index (χ2n) is 5.75. The molecule has 0 fully saturated rings. The number of methoxy groups -OCH3 is 1. The van der Waals surface area contributed by atoms with Crippen LogP contribution >= 0.6 is 11.8 Å². The van der Waals surface area contributed by atoms with E-state index >= 15 is 0 Å². The summed E-state index contributed by atoms with van der Waals surface area (Å²) in [7, 11) is 1.67. The van der Waals surface area contributed by atoms with Crippen molar-refractivity contribution in [3.63, 3.8) is 0 Å². The third-order valence-electron chi connectivity index (χ3n) is 3.90. The van der Waals surface area contributed by atoms with Crippen molar-refractivity contribution < 1.29 is 4.74 Å². The summed E-state index contributed by atoms with van der Waals surface area (Å²) in [6.07, 6.45) is 0. The molecule has 0 amide bonds. The summed E-state index contributed by atoms with van der Waals surface area (Å²) in [5.74, 6) is 1.69. The van der Waals surface area contributed by atoms with E-state index in [0.717, 1.165) is 27.9 Å². The van der Waals surface area contributed by atoms with Crippen molar-refractivity contribution >= 4 is 22.6 Å². The van der Waals surface area contributed by atoms with Gasteiger partial charge in [-0.25, -0.2) is 0 Å². The van der Waals surface area contributed by atoms with Gasteiger partial charge in [-0.3, -0.25) is 10.4 Å². The van der Waals surface area contributed by atoms with Crippen LogP contribution in [0.3, 0.4) is 0 Å². The molecule has 0 unspecified atom stereocenters. The third-order valence-corrected chi connectivity index (χ3v) is 4.81. The van der Waals surface area contributed by atoms with E-state index in [9.17, 15) is 0 Å². The van der Waals surface area contributed by atoms with Crippen LogP contribution < -0.4 is 10.2 Å². The van der Waals surface area contributed by atoms with E-state index < -0.39 is 0 Å². The smallest absolute Gasteiger partial charge is 0.177 e. The Balaban J connectivity index is 1.66. The monoisotopic (exact) mass is 339 g/mol. The van der Waals surface area contributed by atoms with E-state index in [0.29, 0.717) is 6.54 Å². The van der Waals surface area contributed by atoms with Gasteiger partial charge in [-0.15, -0.1) is 0 Å². The minimum atomic E-state index is 0.633. The highest BCUT2D eigenvalue weighted by atomic mass is 32.2. The van der Waals surface area contributed by atoms with Crippen LogP contribution in [0.1, 0.15) is 22.3 Å². The number of benzene rings is 2. The first kappa shape index (κ1) is 16.6. The van der Waals surface area contributed by atoms with Gasteiger partial charge in [0.15, 0.2) is 5.17 Å². The Morgan fingerprint density at radius 1 is 1.17 bits per heavy atom. The number of aryl methyl sites for hydroxylation is 2. The zero-order valence-corrected chi connectivity index (χ0v) is 15.0. The normalized spacial score (nSPS) is 15.8. The Hall–Kier alpha value is -2.27. The van der Waals surface area contributed by atoms with Gasteiger partial charge in [0.1, 0.15) is 5.75 Å². The average molecular weight is 339 g/mol. The van der Waals surface area contributed by atoms with Crippen LogP contribution in [-0.2, 0) is 6.54 Å². The lowest BCUT2D eigenvalue weighted by atomic mass is 10.0. The molecule has 0 saturated carbocycles. The average Bonchev–Trinajstić information content (AvgIpc) is 2.63. The van der Waals surface area contributed by atoms with E-state index in [1.807, 2.05) is 24.3 Å². The zero-order valence-electron chi connectivity index (χ0n) is 14.2. The van der Waals surface area contributed by atoms with E-state index in [4.69, 9.17) is 4.74 Å². The van der Waals surface area contributed by atoms with Gasteiger partial charge in [0.2, 0.25) is 0 Å². The van der Waals surface area contributed by atoms with Crippen molar-refractivity contribution in [2.24, 2.45) is 10.1 Å². The summed E-state index contributed by atoms with van der Waals surface area (Å²) < 4.78 is 5.17. The Bertz CT molecular complexity index is 782. The van der Waals surface area contributed by atoms with E-state index in [1.165, 1.54) is 16.7 Å². The minimum absolute atomic E-state index is 0.633. The predicted octanol–water partition coefficient (Wildman–Crippen LogP) is 3.91. The first-order chi connectivity index (χ1) is 11.7. The Labute approximate surface area is 147 Å². The van der Waals surface area contributed by atoms with Crippen molar-refractivity contribution in [1.82, 2.24) is 5.43 Å². The topological polar surface area (TPSA) is 46.0 Å². The summed E-state index contributed by atoms with van der Waals surface area (Å²) in [6.45, 7) is 4.86. The molecule has 0 aliphatic carbocycles. The van der Waals surface area contributed by atoms with Crippen LogP contribution in [0.15, 0.2) is 52.6 Å². The van der Waals surface area contributed by atoms with Gasteiger partial charge in [0, 0.05) is 11.3 Å². The lowest BCUT2D eigenvalue weighted by Gasteiger charge is -2.16. The highest BCUT2D eigenvalue weighted by Crippen LogP contribution is 2.19. The molecule has 0 aromatic heterocycles. The highest BCUT2D eigenvalue weighted by molar-refractivity contribution is 8.14. The first-order valence-corrected chi connectivity index (χ1v) is 8.84. The number of nitrogens with zero attached hydrogens (tertiary/aromatic N) is 2. The standard InChI is InChI=1S/C19H21N3OS/c1-13-4-5-14(2)17(10-13)18-12-24-19(22-21-18)20-11-15-6-8-16(23-3)9-7-15/h4-10H,11-12H2,1-3H3,(H,20,22). The van der Waals surface area contributed by atoms with Crippen molar-refractivity contribution in [3.8, 4) is 5.75 Å². The molecule has 1 aliphatic rings. The van der Waals surface area contributed by atoms with Crippen molar-refractivity contribution in [3.05, 3.63) is 64.7 Å². The Morgan fingerprint density at radius 3 is 2.62 bits per heavy atom. The van der Waals surface area contributed by atoms with E-state index in [-0.39, 0.29) is 0 Å². The van der Waals surface area contributed by atoms with Crippen molar-refractivity contribution in [1.29, 1.82) is 0 Å². The molecule has 4 nitrogen and oxygen atoms in total. The van der Waals surface area contributed by atoms with Gasteiger partial charge in [-0.1, -0.05) is 41.6 Å². The number of ether oxygens (including phenoxy) is 1. The molecule has 24 heavy (non-hydrogen) atoms. The van der Waals surface area contributed by atoms with Crippen LogP contribution in [-0.4, -0.2) is 23.7 Å². The predicted molar refractivity (Wildman–Crippen MR) is 102 cm³/mol. The largest absolute Gasteiger partial charge is 0.497 e. The van der Waals surface area contributed by atoms with Gasteiger partial charge < -0.3 is 4.74 Å². The summed E-state index contributed by atoms with van der Waals surface area (Å²) in [5, 5.41) is 5.38. The number of thioether (sulfide) groups is 1. The molecule has 2 aromatic rings. The maximum atomic E-state index is 5.17. The molecule has 1 aliphatic heterocycles. The molecule has 124 valence electrons. The number of hydrazone groups is 1. The van der Waals surface area contributed by atoms with Crippen LogP contribution in [0.4, 0.5) is 0 Å². The number of nitrogens with one attached hydrogen (secondary N) is 1. The number of hydrogen-bond acceptors (Lipinski definition) is 4. The maximum Gasteiger partial charge on any atom is 0.177 e. The summed E-state index contributed by atoms with van der Waals surface area (Å²) in [5.41, 5.74) is 9.02.